The number of carbonyl (C=O) groups excluding carboxylic acids is 1. The molecule has 2 unspecified atom stereocenters. The molecule has 104 valence electrons. The summed E-state index contributed by atoms with van der Waals surface area (Å²) in [7, 11) is 0. The number of amides is 1. The van der Waals surface area contributed by atoms with Crippen LogP contribution in [0.15, 0.2) is 30.3 Å². The summed E-state index contributed by atoms with van der Waals surface area (Å²) in [5.74, 6) is -1.32. The molecule has 1 rings (SSSR count). The summed E-state index contributed by atoms with van der Waals surface area (Å²) < 4.78 is 0. The minimum absolute atomic E-state index is 0.0207. The van der Waals surface area contributed by atoms with Gasteiger partial charge >= 0.3 is 5.97 Å². The third-order valence-electron chi connectivity index (χ3n) is 2.98. The van der Waals surface area contributed by atoms with Gasteiger partial charge in [-0.15, -0.1) is 0 Å². The van der Waals surface area contributed by atoms with Crippen molar-refractivity contribution in [3.8, 4) is 0 Å². The molecule has 0 saturated heterocycles. The summed E-state index contributed by atoms with van der Waals surface area (Å²) in [6.45, 7) is 3.70. The van der Waals surface area contributed by atoms with Gasteiger partial charge in [-0.05, 0) is 18.4 Å². The van der Waals surface area contributed by atoms with Crippen molar-refractivity contribution in [1.29, 1.82) is 0 Å². The van der Waals surface area contributed by atoms with E-state index in [4.69, 9.17) is 10.8 Å². The maximum atomic E-state index is 12.1. The Kier molecular flexibility index (Phi) is 5.06. The third-order valence-corrected chi connectivity index (χ3v) is 2.98. The predicted octanol–water partition coefficient (Wildman–Crippen LogP) is 1.09. The third kappa shape index (κ3) is 4.37. The highest BCUT2D eigenvalue weighted by molar-refractivity contribution is 5.87. The van der Waals surface area contributed by atoms with Crippen molar-refractivity contribution in [1.82, 2.24) is 5.32 Å². The summed E-state index contributed by atoms with van der Waals surface area (Å²) >= 11 is 0. The number of nitrogens with one attached hydrogen (secondary N) is 1. The Hall–Kier alpha value is -1.88. The number of rotatable bonds is 6. The van der Waals surface area contributed by atoms with E-state index in [-0.39, 0.29) is 18.2 Å². The van der Waals surface area contributed by atoms with Crippen LogP contribution < -0.4 is 11.1 Å². The standard InChI is InChI=1S/C14H20N2O3/c1-10(8-12(17)18)9-16-13(19)14(2,15)11-6-4-3-5-7-11/h3-7,10H,8-9,15H2,1-2H3,(H,16,19)(H,17,18). The van der Waals surface area contributed by atoms with Crippen molar-refractivity contribution in [2.45, 2.75) is 25.8 Å². The molecule has 19 heavy (non-hydrogen) atoms. The van der Waals surface area contributed by atoms with E-state index in [9.17, 15) is 9.59 Å². The number of nitrogens with two attached hydrogens (primary N) is 1. The molecule has 0 bridgehead atoms. The molecule has 0 spiro atoms. The Labute approximate surface area is 112 Å². The van der Waals surface area contributed by atoms with Gasteiger partial charge in [-0.1, -0.05) is 37.3 Å². The molecule has 0 aliphatic rings. The largest absolute Gasteiger partial charge is 0.481 e. The lowest BCUT2D eigenvalue weighted by atomic mass is 9.92. The molecule has 5 heteroatoms. The highest BCUT2D eigenvalue weighted by Crippen LogP contribution is 2.17. The van der Waals surface area contributed by atoms with Crippen LogP contribution in [0.3, 0.4) is 0 Å². The normalized spacial score (nSPS) is 15.3. The Morgan fingerprint density at radius 1 is 1.37 bits per heavy atom. The van der Waals surface area contributed by atoms with Gasteiger partial charge in [0.2, 0.25) is 5.91 Å². The Morgan fingerprint density at radius 2 is 1.95 bits per heavy atom. The lowest BCUT2D eigenvalue weighted by Crippen LogP contribution is -2.49. The molecule has 0 radical (unpaired) electrons. The predicted molar refractivity (Wildman–Crippen MR) is 72.4 cm³/mol. The smallest absolute Gasteiger partial charge is 0.303 e. The fourth-order valence-corrected chi connectivity index (χ4v) is 1.74. The average molecular weight is 264 g/mol. The quantitative estimate of drug-likeness (QED) is 0.717. The van der Waals surface area contributed by atoms with Gasteiger partial charge in [-0.25, -0.2) is 0 Å². The first-order chi connectivity index (χ1) is 8.84. The number of carbonyl (C=O) groups is 2. The van der Waals surface area contributed by atoms with Crippen LogP contribution in [0.4, 0.5) is 0 Å². The van der Waals surface area contributed by atoms with E-state index in [1.54, 1.807) is 26.0 Å². The number of aliphatic carboxylic acids is 1. The van der Waals surface area contributed by atoms with Gasteiger partial charge in [0.05, 0.1) is 0 Å². The molecule has 0 fully saturated rings. The summed E-state index contributed by atoms with van der Waals surface area (Å²) in [6.07, 6.45) is 0.0207. The van der Waals surface area contributed by atoms with Crippen molar-refractivity contribution >= 4 is 11.9 Å². The molecule has 1 amide bonds. The number of hydrogen-bond acceptors (Lipinski definition) is 3. The van der Waals surface area contributed by atoms with Crippen LogP contribution in [0.2, 0.25) is 0 Å². The molecule has 0 aliphatic heterocycles. The maximum Gasteiger partial charge on any atom is 0.303 e. The summed E-state index contributed by atoms with van der Waals surface area (Å²) in [5, 5.41) is 11.3. The first-order valence-electron chi connectivity index (χ1n) is 6.18. The number of benzene rings is 1. The molecule has 1 aromatic rings. The average Bonchev–Trinajstić information content (AvgIpc) is 2.36. The zero-order chi connectivity index (χ0) is 14.5. The van der Waals surface area contributed by atoms with Gasteiger partial charge in [-0.3, -0.25) is 9.59 Å². The van der Waals surface area contributed by atoms with Gasteiger partial charge in [0.1, 0.15) is 5.54 Å². The van der Waals surface area contributed by atoms with Crippen molar-refractivity contribution < 1.29 is 14.7 Å². The molecular weight excluding hydrogens is 244 g/mol. The van der Waals surface area contributed by atoms with Crippen LogP contribution in [0.1, 0.15) is 25.8 Å². The fourth-order valence-electron chi connectivity index (χ4n) is 1.74. The molecule has 0 aromatic heterocycles. The molecule has 0 heterocycles. The minimum atomic E-state index is -1.12. The molecule has 1 aromatic carbocycles. The van der Waals surface area contributed by atoms with E-state index in [2.05, 4.69) is 5.32 Å². The Balaban J connectivity index is 2.60. The molecule has 4 N–H and O–H groups in total. The lowest BCUT2D eigenvalue weighted by molar-refractivity contribution is -0.138. The van der Waals surface area contributed by atoms with Gasteiger partial charge < -0.3 is 16.2 Å². The van der Waals surface area contributed by atoms with Crippen LogP contribution in [-0.2, 0) is 15.1 Å². The van der Waals surface area contributed by atoms with Crippen LogP contribution in [0.25, 0.3) is 0 Å². The zero-order valence-electron chi connectivity index (χ0n) is 11.2. The fraction of sp³-hybridized carbons (Fsp3) is 0.429. The van der Waals surface area contributed by atoms with Gasteiger partial charge in [0.15, 0.2) is 0 Å². The molecule has 2 atom stereocenters. The van der Waals surface area contributed by atoms with Crippen molar-refractivity contribution in [2.24, 2.45) is 11.7 Å². The summed E-state index contributed by atoms with van der Waals surface area (Å²) in [5.41, 5.74) is 5.64. The Bertz CT molecular complexity index is 443. The summed E-state index contributed by atoms with van der Waals surface area (Å²) in [6, 6.07) is 9.08. The first kappa shape index (κ1) is 15.2. The van der Waals surface area contributed by atoms with Gasteiger partial charge in [0.25, 0.3) is 0 Å². The van der Waals surface area contributed by atoms with Crippen molar-refractivity contribution in [2.75, 3.05) is 6.54 Å². The highest BCUT2D eigenvalue weighted by atomic mass is 16.4. The second-order valence-corrected chi connectivity index (χ2v) is 4.98. The number of carboxylic acid groups (broad SMARTS) is 1. The van der Waals surface area contributed by atoms with Crippen molar-refractivity contribution in [3.63, 3.8) is 0 Å². The zero-order valence-corrected chi connectivity index (χ0v) is 11.2. The van der Waals surface area contributed by atoms with E-state index in [0.29, 0.717) is 6.54 Å². The topological polar surface area (TPSA) is 92.4 Å². The number of carboxylic acids is 1. The maximum absolute atomic E-state index is 12.1. The highest BCUT2D eigenvalue weighted by Gasteiger charge is 2.30. The molecule has 5 nitrogen and oxygen atoms in total. The Morgan fingerprint density at radius 3 is 2.47 bits per heavy atom. The van der Waals surface area contributed by atoms with E-state index >= 15 is 0 Å². The SMILES string of the molecule is CC(CNC(=O)C(C)(N)c1ccccc1)CC(=O)O. The minimum Gasteiger partial charge on any atom is -0.481 e. The van der Waals surface area contributed by atoms with Crippen LogP contribution in [0, 0.1) is 5.92 Å². The van der Waals surface area contributed by atoms with Crippen LogP contribution in [-0.4, -0.2) is 23.5 Å². The van der Waals surface area contributed by atoms with Crippen molar-refractivity contribution in [3.05, 3.63) is 35.9 Å². The molecule has 0 aliphatic carbocycles. The lowest BCUT2D eigenvalue weighted by Gasteiger charge is -2.24. The van der Waals surface area contributed by atoms with Gasteiger partial charge in [-0.2, -0.15) is 0 Å². The second kappa shape index (κ2) is 6.33. The van der Waals surface area contributed by atoms with E-state index in [0.717, 1.165) is 5.56 Å². The molecular formula is C14H20N2O3. The monoisotopic (exact) mass is 264 g/mol. The molecule has 0 saturated carbocycles. The van der Waals surface area contributed by atoms with Crippen LogP contribution >= 0.6 is 0 Å². The second-order valence-electron chi connectivity index (χ2n) is 4.98. The first-order valence-corrected chi connectivity index (χ1v) is 6.18. The van der Waals surface area contributed by atoms with Gasteiger partial charge in [0, 0.05) is 13.0 Å². The van der Waals surface area contributed by atoms with E-state index in [1.807, 2.05) is 18.2 Å². The van der Waals surface area contributed by atoms with Crippen LogP contribution in [0.5, 0.6) is 0 Å². The summed E-state index contributed by atoms with van der Waals surface area (Å²) in [4.78, 5) is 22.6. The van der Waals surface area contributed by atoms with E-state index in [1.165, 1.54) is 0 Å². The number of hydrogen-bond donors (Lipinski definition) is 3. The van der Waals surface area contributed by atoms with E-state index < -0.39 is 11.5 Å².